The van der Waals surface area contributed by atoms with Gasteiger partial charge in [0.15, 0.2) is 0 Å². The van der Waals surface area contributed by atoms with Crippen LogP contribution in [0.1, 0.15) is 22.0 Å². The fourth-order valence-electron chi connectivity index (χ4n) is 3.27. The molecule has 4 rings (SSSR count). The van der Waals surface area contributed by atoms with E-state index in [1.54, 1.807) is 22.9 Å². The van der Waals surface area contributed by atoms with Crippen LogP contribution in [0.4, 0.5) is 11.5 Å². The Bertz CT molecular complexity index is 1230. The van der Waals surface area contributed by atoms with Crippen LogP contribution in [-0.2, 0) is 4.79 Å². The summed E-state index contributed by atoms with van der Waals surface area (Å²) < 4.78 is 6.67. The molecule has 32 heavy (non-hydrogen) atoms. The van der Waals surface area contributed by atoms with Gasteiger partial charge in [0.2, 0.25) is 0 Å². The molecule has 1 aliphatic heterocycles. The molecule has 162 valence electrons. The monoisotopic (exact) mass is 450 g/mol. The molecule has 2 aromatic carbocycles. The molecule has 8 nitrogen and oxygen atoms in total. The molecular weight excluding hydrogens is 432 g/mol. The minimum absolute atomic E-state index is 0.0396. The minimum atomic E-state index is -1.14. The number of ether oxygens (including phenoxy) is 1. The van der Waals surface area contributed by atoms with Crippen molar-refractivity contribution >= 4 is 41.1 Å². The van der Waals surface area contributed by atoms with Gasteiger partial charge in [-0.2, -0.15) is 5.10 Å². The summed E-state index contributed by atoms with van der Waals surface area (Å²) in [5, 5.41) is 19.7. The zero-order valence-corrected chi connectivity index (χ0v) is 17.7. The van der Waals surface area contributed by atoms with Crippen LogP contribution in [0, 0.1) is 0 Å². The quantitative estimate of drug-likeness (QED) is 0.512. The lowest BCUT2D eigenvalue weighted by atomic mass is 10.1. The molecule has 1 amide bonds. The summed E-state index contributed by atoms with van der Waals surface area (Å²) >= 11 is 6.13. The highest BCUT2D eigenvalue weighted by Gasteiger charge is 2.27. The number of methoxy groups -OCH3 is 1. The number of carboxylic acids is 1. The number of hydrogen-bond donors (Lipinski definition) is 3. The molecule has 9 heteroatoms. The van der Waals surface area contributed by atoms with Crippen LogP contribution in [0.2, 0.25) is 5.02 Å². The number of fused-ring (bicyclic) bond motifs is 1. The van der Waals surface area contributed by atoms with Crippen LogP contribution in [-0.4, -0.2) is 33.9 Å². The Morgan fingerprint density at radius 2 is 2.03 bits per heavy atom. The molecule has 3 N–H and O–H groups in total. The number of nitrogens with zero attached hydrogens (tertiary/aromatic N) is 2. The van der Waals surface area contributed by atoms with E-state index in [-0.39, 0.29) is 17.1 Å². The van der Waals surface area contributed by atoms with Crippen molar-refractivity contribution in [1.29, 1.82) is 0 Å². The average Bonchev–Trinajstić information content (AvgIpc) is 3.22. The molecular formula is C23H19ClN4O4. The number of rotatable bonds is 6. The Kier molecular flexibility index (Phi) is 5.96. The van der Waals surface area contributed by atoms with Crippen LogP contribution in [0.3, 0.4) is 0 Å². The topological polar surface area (TPSA) is 105 Å². The zero-order valence-electron chi connectivity index (χ0n) is 16.9. The summed E-state index contributed by atoms with van der Waals surface area (Å²) in [4.78, 5) is 24.6. The number of carbonyl (C=O) groups excluding carboxylic acids is 1. The summed E-state index contributed by atoms with van der Waals surface area (Å²) in [6, 6.07) is 14.0. The van der Waals surface area contributed by atoms with Crippen LogP contribution < -0.4 is 15.4 Å². The molecule has 0 saturated carbocycles. The highest BCUT2D eigenvalue weighted by molar-refractivity contribution is 6.32. The van der Waals surface area contributed by atoms with Crippen LogP contribution in [0.5, 0.6) is 5.75 Å². The molecule has 1 atom stereocenters. The first-order valence-corrected chi connectivity index (χ1v) is 10.0. The van der Waals surface area contributed by atoms with Crippen molar-refractivity contribution in [3.05, 3.63) is 88.7 Å². The zero-order chi connectivity index (χ0) is 22.7. The molecule has 0 fully saturated rings. The lowest BCUT2D eigenvalue weighted by molar-refractivity contribution is -0.132. The number of aromatic nitrogens is 2. The van der Waals surface area contributed by atoms with Gasteiger partial charge < -0.3 is 20.5 Å². The normalized spacial score (nSPS) is 14.9. The van der Waals surface area contributed by atoms with Gasteiger partial charge in [-0.15, -0.1) is 0 Å². The fourth-order valence-corrected chi connectivity index (χ4v) is 3.53. The van der Waals surface area contributed by atoms with Crippen molar-refractivity contribution in [3.8, 4) is 5.75 Å². The number of aliphatic carboxylic acids is 1. The van der Waals surface area contributed by atoms with Crippen molar-refractivity contribution in [3.63, 3.8) is 0 Å². The molecule has 2 heterocycles. The van der Waals surface area contributed by atoms with Crippen LogP contribution >= 0.6 is 11.6 Å². The Hall–Kier alpha value is -4.04. The Labute approximate surface area is 188 Å². The van der Waals surface area contributed by atoms with Gasteiger partial charge in [-0.25, -0.2) is 9.48 Å². The van der Waals surface area contributed by atoms with Gasteiger partial charge in [0.25, 0.3) is 5.91 Å². The van der Waals surface area contributed by atoms with Gasteiger partial charge in [0, 0.05) is 5.69 Å². The lowest BCUT2D eigenvalue weighted by Crippen LogP contribution is -2.24. The molecule has 0 unspecified atom stereocenters. The predicted octanol–water partition coefficient (Wildman–Crippen LogP) is 4.45. The lowest BCUT2D eigenvalue weighted by Gasteiger charge is -2.22. The molecule has 0 spiro atoms. The van der Waals surface area contributed by atoms with Crippen molar-refractivity contribution in [1.82, 2.24) is 9.78 Å². The predicted molar refractivity (Wildman–Crippen MR) is 122 cm³/mol. The number of carbonyl (C=O) groups is 2. The first-order chi connectivity index (χ1) is 15.5. The van der Waals surface area contributed by atoms with E-state index in [4.69, 9.17) is 16.3 Å². The maximum atomic E-state index is 12.9. The molecule has 0 bridgehead atoms. The number of hydrogen-bond acceptors (Lipinski definition) is 5. The van der Waals surface area contributed by atoms with E-state index in [1.807, 2.05) is 42.5 Å². The number of carboxylic acid groups (broad SMARTS) is 1. The smallest absolute Gasteiger partial charge is 0.352 e. The molecule has 0 aliphatic carbocycles. The third kappa shape index (κ3) is 4.35. The number of halogens is 1. The van der Waals surface area contributed by atoms with E-state index >= 15 is 0 Å². The number of nitrogens with one attached hydrogen (secondary N) is 2. The second kappa shape index (κ2) is 8.99. The van der Waals surface area contributed by atoms with Gasteiger partial charge in [-0.05, 0) is 29.8 Å². The number of amides is 1. The largest absolute Gasteiger partial charge is 0.495 e. The average molecular weight is 451 g/mol. The Morgan fingerprint density at radius 1 is 1.25 bits per heavy atom. The van der Waals surface area contributed by atoms with Crippen molar-refractivity contribution in [2.24, 2.45) is 0 Å². The summed E-state index contributed by atoms with van der Waals surface area (Å²) in [5.41, 5.74) is 1.58. The number of anilines is 2. The SMILES string of the molecule is COc1ccc(NC(=O)c2cnn3c2NC(C(=O)O)=C[C@@H]3/C=C/c2ccccc2)cc1Cl. The third-order valence-corrected chi connectivity index (χ3v) is 5.13. The van der Waals surface area contributed by atoms with Crippen molar-refractivity contribution in [2.45, 2.75) is 6.04 Å². The first kappa shape index (κ1) is 21.2. The van der Waals surface area contributed by atoms with Gasteiger partial charge >= 0.3 is 5.97 Å². The van der Waals surface area contributed by atoms with Crippen molar-refractivity contribution < 1.29 is 19.4 Å². The standard InChI is InChI=1S/C23H19ClN4O4/c1-32-20-10-8-15(11-18(20)24)26-22(29)17-13-25-28-16(9-7-14-5-3-2-4-6-14)12-19(23(30)31)27-21(17)28/h2-13,16,27H,1H3,(H,26,29)(H,30,31)/b9-7+/t16-/m0/s1. The van der Waals surface area contributed by atoms with E-state index in [1.165, 1.54) is 19.4 Å². The summed E-state index contributed by atoms with van der Waals surface area (Å²) in [6.45, 7) is 0. The van der Waals surface area contributed by atoms with E-state index in [0.29, 0.717) is 16.5 Å². The van der Waals surface area contributed by atoms with E-state index in [9.17, 15) is 14.7 Å². The van der Waals surface area contributed by atoms with E-state index < -0.39 is 17.9 Å². The van der Waals surface area contributed by atoms with Gasteiger partial charge in [0.1, 0.15) is 22.8 Å². The molecule has 3 aromatic rings. The summed E-state index contributed by atoms with van der Waals surface area (Å²) in [7, 11) is 1.50. The number of allylic oxidation sites excluding steroid dienone is 2. The van der Waals surface area contributed by atoms with Crippen molar-refractivity contribution in [2.75, 3.05) is 17.7 Å². The molecule has 0 radical (unpaired) electrons. The second-order valence-corrected chi connectivity index (χ2v) is 7.33. The minimum Gasteiger partial charge on any atom is -0.495 e. The maximum absolute atomic E-state index is 12.9. The van der Waals surface area contributed by atoms with Crippen LogP contribution in [0.25, 0.3) is 6.08 Å². The first-order valence-electron chi connectivity index (χ1n) is 9.64. The van der Waals surface area contributed by atoms with E-state index in [2.05, 4.69) is 15.7 Å². The van der Waals surface area contributed by atoms with Gasteiger partial charge in [-0.3, -0.25) is 4.79 Å². The summed E-state index contributed by atoms with van der Waals surface area (Å²) in [5.74, 6) is -0.829. The fraction of sp³-hybridized carbons (Fsp3) is 0.0870. The number of benzene rings is 2. The van der Waals surface area contributed by atoms with Crippen LogP contribution in [0.15, 0.2) is 72.6 Å². The second-order valence-electron chi connectivity index (χ2n) is 6.93. The van der Waals surface area contributed by atoms with Gasteiger partial charge in [-0.1, -0.05) is 54.1 Å². The molecule has 0 saturated heterocycles. The van der Waals surface area contributed by atoms with Gasteiger partial charge in [0.05, 0.1) is 24.4 Å². The third-order valence-electron chi connectivity index (χ3n) is 4.84. The molecule has 1 aromatic heterocycles. The Balaban J connectivity index is 1.63. The molecule has 1 aliphatic rings. The van der Waals surface area contributed by atoms with E-state index in [0.717, 1.165) is 5.56 Å². The Morgan fingerprint density at radius 3 is 2.72 bits per heavy atom. The highest BCUT2D eigenvalue weighted by atomic mass is 35.5. The maximum Gasteiger partial charge on any atom is 0.352 e. The highest BCUT2D eigenvalue weighted by Crippen LogP contribution is 2.31. The summed E-state index contributed by atoms with van der Waals surface area (Å²) in [6.07, 6.45) is 6.62.